The van der Waals surface area contributed by atoms with Gasteiger partial charge >= 0.3 is 0 Å². The zero-order valence-electron chi connectivity index (χ0n) is 15.5. The van der Waals surface area contributed by atoms with E-state index in [1.54, 1.807) is 0 Å². The van der Waals surface area contributed by atoms with Crippen LogP contribution < -0.4 is 16.1 Å². The summed E-state index contributed by atoms with van der Waals surface area (Å²) in [6.45, 7) is 4.01. The van der Waals surface area contributed by atoms with Crippen LogP contribution in [0.4, 0.5) is 10.8 Å². The van der Waals surface area contributed by atoms with E-state index in [9.17, 15) is 9.59 Å². The summed E-state index contributed by atoms with van der Waals surface area (Å²) in [6, 6.07) is 12.5. The number of nitrogens with two attached hydrogens (primary N) is 1. The molecule has 142 valence electrons. The summed E-state index contributed by atoms with van der Waals surface area (Å²) >= 11 is 1.43. The third-order valence-electron chi connectivity index (χ3n) is 4.68. The van der Waals surface area contributed by atoms with E-state index < -0.39 is 11.9 Å². The maximum Gasteiger partial charge on any atom is 0.273 e. The van der Waals surface area contributed by atoms with E-state index in [1.165, 1.54) is 16.3 Å². The van der Waals surface area contributed by atoms with Crippen molar-refractivity contribution in [1.82, 2.24) is 4.98 Å². The quantitative estimate of drug-likeness (QED) is 0.711. The zero-order chi connectivity index (χ0) is 19.8. The molecule has 3 N–H and O–H groups in total. The minimum atomic E-state index is -0.692. The van der Waals surface area contributed by atoms with Gasteiger partial charge in [-0.15, -0.1) is 0 Å². The standard InChI is InChI=1S/C20H19N5O2S/c1-11-8-9-12(2)17-16(11)22-20(28-17)23-19(27)14-10-15(18(21)26)25(24-14)13-6-4-3-5-7-13/h3-9,15H,10H2,1-2H3,(H2,21,26)(H,22,23,27). The number of hydrazone groups is 1. The largest absolute Gasteiger partial charge is 0.368 e. The summed E-state index contributed by atoms with van der Waals surface area (Å²) in [5, 5.41) is 9.19. The Kier molecular flexibility index (Phi) is 4.56. The smallest absolute Gasteiger partial charge is 0.273 e. The van der Waals surface area contributed by atoms with Gasteiger partial charge in [0.05, 0.1) is 15.9 Å². The third-order valence-corrected chi connectivity index (χ3v) is 5.79. The molecule has 2 heterocycles. The lowest BCUT2D eigenvalue weighted by Crippen LogP contribution is -2.39. The number of hydrogen-bond acceptors (Lipinski definition) is 6. The van der Waals surface area contributed by atoms with E-state index in [1.807, 2.05) is 56.3 Å². The van der Waals surface area contributed by atoms with Crippen LogP contribution in [0.2, 0.25) is 0 Å². The Bertz CT molecular complexity index is 1070. The molecular formula is C20H19N5O2S. The number of para-hydroxylation sites is 1. The summed E-state index contributed by atoms with van der Waals surface area (Å²) in [6.07, 6.45) is 0.152. The SMILES string of the molecule is Cc1ccc(C)c2sc(NC(=O)C3=NN(c4ccccc4)C(C(N)=O)C3)nc12. The maximum atomic E-state index is 12.8. The van der Waals surface area contributed by atoms with Crippen LogP contribution in [0.15, 0.2) is 47.6 Å². The molecule has 0 fully saturated rings. The van der Waals surface area contributed by atoms with E-state index >= 15 is 0 Å². The molecule has 1 aromatic heterocycles. The molecule has 0 saturated heterocycles. The molecule has 2 aromatic carbocycles. The van der Waals surface area contributed by atoms with Crippen molar-refractivity contribution >= 4 is 49.9 Å². The van der Waals surface area contributed by atoms with Crippen molar-refractivity contribution in [3.8, 4) is 0 Å². The molecule has 1 aliphatic heterocycles. The molecule has 0 saturated carbocycles. The van der Waals surface area contributed by atoms with Crippen LogP contribution in [0, 0.1) is 13.8 Å². The molecule has 4 rings (SSSR count). The summed E-state index contributed by atoms with van der Waals surface area (Å²) in [5.41, 5.74) is 9.54. The highest BCUT2D eigenvalue weighted by molar-refractivity contribution is 7.22. The average Bonchev–Trinajstić information content (AvgIpc) is 3.31. The maximum absolute atomic E-state index is 12.8. The van der Waals surface area contributed by atoms with Gasteiger partial charge in [0.2, 0.25) is 5.91 Å². The van der Waals surface area contributed by atoms with E-state index in [-0.39, 0.29) is 18.0 Å². The Hall–Kier alpha value is -3.26. The zero-order valence-corrected chi connectivity index (χ0v) is 16.3. The Morgan fingerprint density at radius 2 is 1.86 bits per heavy atom. The minimum Gasteiger partial charge on any atom is -0.368 e. The van der Waals surface area contributed by atoms with E-state index in [0.29, 0.717) is 10.8 Å². The lowest BCUT2D eigenvalue weighted by molar-refractivity contribution is -0.119. The number of aryl methyl sites for hydroxylation is 2. The monoisotopic (exact) mass is 393 g/mol. The molecule has 28 heavy (non-hydrogen) atoms. The molecule has 0 bridgehead atoms. The highest BCUT2D eigenvalue weighted by Crippen LogP contribution is 2.31. The topological polar surface area (TPSA) is 101 Å². The van der Waals surface area contributed by atoms with Crippen molar-refractivity contribution in [1.29, 1.82) is 0 Å². The van der Waals surface area contributed by atoms with E-state index in [4.69, 9.17) is 5.73 Å². The highest BCUT2D eigenvalue weighted by atomic mass is 32.1. The number of nitrogens with zero attached hydrogens (tertiary/aromatic N) is 3. The first-order valence-corrected chi connectivity index (χ1v) is 9.65. The Balaban J connectivity index is 1.60. The van der Waals surface area contributed by atoms with Crippen LogP contribution in [0.5, 0.6) is 0 Å². The molecule has 1 aliphatic rings. The number of anilines is 2. The van der Waals surface area contributed by atoms with Crippen LogP contribution in [0.25, 0.3) is 10.2 Å². The number of benzene rings is 2. The Labute approximate surface area is 165 Å². The van der Waals surface area contributed by atoms with E-state index in [2.05, 4.69) is 15.4 Å². The fourth-order valence-corrected chi connectivity index (χ4v) is 4.18. The van der Waals surface area contributed by atoms with Crippen molar-refractivity contribution in [3.05, 3.63) is 53.6 Å². The molecule has 1 unspecified atom stereocenters. The van der Waals surface area contributed by atoms with Gasteiger partial charge < -0.3 is 5.73 Å². The van der Waals surface area contributed by atoms with Crippen LogP contribution in [-0.4, -0.2) is 28.6 Å². The molecular weight excluding hydrogens is 374 g/mol. The number of amides is 2. The molecule has 0 aliphatic carbocycles. The first-order chi connectivity index (χ1) is 13.4. The number of nitrogens with one attached hydrogen (secondary N) is 1. The predicted molar refractivity (Wildman–Crippen MR) is 112 cm³/mol. The molecule has 0 radical (unpaired) electrons. The van der Waals surface area contributed by atoms with Crippen molar-refractivity contribution in [3.63, 3.8) is 0 Å². The van der Waals surface area contributed by atoms with Gasteiger partial charge in [0, 0.05) is 6.42 Å². The number of carbonyl (C=O) groups is 2. The average molecular weight is 393 g/mol. The van der Waals surface area contributed by atoms with E-state index in [0.717, 1.165) is 21.3 Å². The lowest BCUT2D eigenvalue weighted by Gasteiger charge is -2.20. The first kappa shape index (κ1) is 18.1. The summed E-state index contributed by atoms with van der Waals surface area (Å²) in [4.78, 5) is 29.2. The summed E-state index contributed by atoms with van der Waals surface area (Å²) in [5.74, 6) is -0.902. The Morgan fingerprint density at radius 3 is 2.54 bits per heavy atom. The van der Waals surface area contributed by atoms with Crippen LogP contribution in [0.1, 0.15) is 17.5 Å². The van der Waals surface area contributed by atoms with Crippen molar-refractivity contribution < 1.29 is 9.59 Å². The lowest BCUT2D eigenvalue weighted by atomic mass is 10.1. The Morgan fingerprint density at radius 1 is 1.14 bits per heavy atom. The number of thiazole rings is 1. The molecule has 8 heteroatoms. The van der Waals surface area contributed by atoms with Gasteiger partial charge in [-0.3, -0.25) is 19.9 Å². The van der Waals surface area contributed by atoms with Crippen molar-refractivity contribution in [2.24, 2.45) is 10.8 Å². The fourth-order valence-electron chi connectivity index (χ4n) is 3.17. The predicted octanol–water partition coefficient (Wildman–Crippen LogP) is 2.97. The third kappa shape index (κ3) is 3.22. The van der Waals surface area contributed by atoms with Gasteiger partial charge in [0.15, 0.2) is 5.13 Å². The number of carbonyl (C=O) groups excluding carboxylic acids is 2. The fraction of sp³-hybridized carbons (Fsp3) is 0.200. The van der Waals surface area contributed by atoms with Gasteiger partial charge in [-0.2, -0.15) is 5.10 Å². The van der Waals surface area contributed by atoms with Gasteiger partial charge in [-0.1, -0.05) is 41.7 Å². The van der Waals surface area contributed by atoms with Gasteiger partial charge in [-0.05, 0) is 37.1 Å². The van der Waals surface area contributed by atoms with Gasteiger partial charge in [0.1, 0.15) is 11.8 Å². The first-order valence-electron chi connectivity index (χ1n) is 8.83. The number of aromatic nitrogens is 1. The summed E-state index contributed by atoms with van der Waals surface area (Å²) in [7, 11) is 0. The molecule has 7 nitrogen and oxygen atoms in total. The molecule has 0 spiro atoms. The number of rotatable bonds is 4. The molecule has 2 amide bonds. The van der Waals surface area contributed by atoms with Crippen molar-refractivity contribution in [2.75, 3.05) is 10.3 Å². The summed E-state index contributed by atoms with van der Waals surface area (Å²) < 4.78 is 1.05. The molecule has 1 atom stereocenters. The number of fused-ring (bicyclic) bond motifs is 1. The second-order valence-corrected chi connectivity index (χ2v) is 7.70. The number of hydrogen-bond donors (Lipinski definition) is 2. The van der Waals surface area contributed by atoms with Gasteiger partial charge in [-0.25, -0.2) is 4.98 Å². The second kappa shape index (κ2) is 7.05. The normalized spacial score (nSPS) is 16.3. The highest BCUT2D eigenvalue weighted by Gasteiger charge is 2.35. The van der Waals surface area contributed by atoms with Crippen LogP contribution >= 0.6 is 11.3 Å². The van der Waals surface area contributed by atoms with Crippen LogP contribution in [-0.2, 0) is 9.59 Å². The molecule has 3 aromatic rings. The van der Waals surface area contributed by atoms with Gasteiger partial charge in [0.25, 0.3) is 5.91 Å². The minimum absolute atomic E-state index is 0.152. The van der Waals surface area contributed by atoms with Crippen LogP contribution in [0.3, 0.4) is 0 Å². The van der Waals surface area contributed by atoms with Crippen molar-refractivity contribution in [2.45, 2.75) is 26.3 Å². The number of primary amides is 1. The second-order valence-electron chi connectivity index (χ2n) is 6.70.